The number of amides is 2. The predicted molar refractivity (Wildman–Crippen MR) is 107 cm³/mol. The van der Waals surface area contributed by atoms with Crippen molar-refractivity contribution in [2.45, 2.75) is 44.9 Å². The number of nitrogens with zero attached hydrogens (tertiary/aromatic N) is 2. The van der Waals surface area contributed by atoms with E-state index in [0.29, 0.717) is 5.92 Å². The third-order valence-electron chi connectivity index (χ3n) is 6.99. The maximum absolute atomic E-state index is 13.5. The number of nitro groups is 1. The molecule has 1 unspecified atom stereocenters. The molecule has 3 aliphatic rings. The number of aromatic nitrogens is 1. The second-order valence-corrected chi connectivity index (χ2v) is 8.80. The molecule has 5 rings (SSSR count). The number of benzene rings is 1. The van der Waals surface area contributed by atoms with E-state index in [1.165, 1.54) is 23.1 Å². The molecule has 29 heavy (non-hydrogen) atoms. The van der Waals surface area contributed by atoms with Gasteiger partial charge in [-0.1, -0.05) is 19.4 Å². The molecule has 0 radical (unpaired) electrons. The summed E-state index contributed by atoms with van der Waals surface area (Å²) in [5.74, 6) is -0.478. The van der Waals surface area contributed by atoms with Gasteiger partial charge in [0.2, 0.25) is 11.8 Å². The molecule has 1 saturated carbocycles. The Bertz CT molecular complexity index is 1040. The van der Waals surface area contributed by atoms with Crippen molar-refractivity contribution in [2.75, 3.05) is 4.90 Å². The highest BCUT2D eigenvalue weighted by atomic mass is 16.6. The maximum Gasteiger partial charge on any atom is 0.271 e. The minimum atomic E-state index is -0.506. The fourth-order valence-electron chi connectivity index (χ4n) is 5.83. The van der Waals surface area contributed by atoms with Crippen LogP contribution in [0.5, 0.6) is 0 Å². The molecule has 2 aliphatic carbocycles. The SMILES string of the molecule is Cc1cc2c([nH]1)[C@@H]1CCC(C)C[C@@H]1[C@@H]1C(=O)N(c3cccc([N+](=O)[O-])c3)C(=O)[C@H]21. The van der Waals surface area contributed by atoms with Crippen LogP contribution in [0, 0.1) is 34.8 Å². The zero-order chi connectivity index (χ0) is 20.4. The first-order valence-electron chi connectivity index (χ1n) is 10.2. The number of aromatic amines is 1. The number of nitro benzene ring substituents is 1. The van der Waals surface area contributed by atoms with Crippen LogP contribution in [0.25, 0.3) is 0 Å². The van der Waals surface area contributed by atoms with Gasteiger partial charge in [-0.05, 0) is 49.3 Å². The topological polar surface area (TPSA) is 96.3 Å². The summed E-state index contributed by atoms with van der Waals surface area (Å²) in [6.45, 7) is 4.19. The van der Waals surface area contributed by atoms with Gasteiger partial charge in [-0.2, -0.15) is 0 Å². The van der Waals surface area contributed by atoms with Gasteiger partial charge < -0.3 is 4.98 Å². The van der Waals surface area contributed by atoms with Crippen molar-refractivity contribution in [3.05, 3.63) is 57.4 Å². The summed E-state index contributed by atoms with van der Waals surface area (Å²) in [6, 6.07) is 7.81. The van der Waals surface area contributed by atoms with Gasteiger partial charge in [-0.25, -0.2) is 4.90 Å². The molecule has 7 heteroatoms. The predicted octanol–water partition coefficient (Wildman–Crippen LogP) is 4.04. The lowest BCUT2D eigenvalue weighted by atomic mass is 9.60. The fraction of sp³-hybridized carbons (Fsp3) is 0.455. The average molecular weight is 393 g/mol. The second kappa shape index (κ2) is 6.27. The van der Waals surface area contributed by atoms with Gasteiger partial charge in [0.15, 0.2) is 0 Å². The molecule has 1 saturated heterocycles. The summed E-state index contributed by atoms with van der Waals surface area (Å²) < 4.78 is 0. The Morgan fingerprint density at radius 2 is 1.97 bits per heavy atom. The van der Waals surface area contributed by atoms with Gasteiger partial charge in [-0.15, -0.1) is 0 Å². The summed E-state index contributed by atoms with van der Waals surface area (Å²) in [6.07, 6.45) is 3.05. The van der Waals surface area contributed by atoms with E-state index in [1.54, 1.807) is 6.07 Å². The van der Waals surface area contributed by atoms with Crippen LogP contribution < -0.4 is 4.90 Å². The van der Waals surface area contributed by atoms with E-state index >= 15 is 0 Å². The molecule has 1 N–H and O–H groups in total. The molecule has 2 aromatic rings. The van der Waals surface area contributed by atoms with E-state index < -0.39 is 16.8 Å². The smallest absolute Gasteiger partial charge is 0.271 e. The lowest BCUT2D eigenvalue weighted by molar-refractivity contribution is -0.384. The number of carbonyl (C=O) groups excluding carboxylic acids is 2. The Hall–Kier alpha value is -2.96. The number of fused-ring (bicyclic) bond motifs is 6. The van der Waals surface area contributed by atoms with Crippen LogP contribution in [0.2, 0.25) is 0 Å². The molecule has 1 aromatic heterocycles. The lowest BCUT2D eigenvalue weighted by Gasteiger charge is -2.42. The Morgan fingerprint density at radius 1 is 1.17 bits per heavy atom. The Morgan fingerprint density at radius 3 is 2.72 bits per heavy atom. The molecule has 5 atom stereocenters. The zero-order valence-electron chi connectivity index (χ0n) is 16.4. The minimum absolute atomic E-state index is 0.120. The first-order valence-corrected chi connectivity index (χ1v) is 10.2. The molecule has 2 amide bonds. The molecular formula is C22H23N3O4. The van der Waals surface area contributed by atoms with Crippen molar-refractivity contribution >= 4 is 23.2 Å². The first-order chi connectivity index (χ1) is 13.9. The van der Waals surface area contributed by atoms with Crippen LogP contribution >= 0.6 is 0 Å². The number of imide groups is 1. The van der Waals surface area contributed by atoms with Gasteiger partial charge >= 0.3 is 0 Å². The van der Waals surface area contributed by atoms with Gasteiger partial charge in [-0.3, -0.25) is 19.7 Å². The summed E-state index contributed by atoms with van der Waals surface area (Å²) in [5, 5.41) is 11.2. The van der Waals surface area contributed by atoms with Gasteiger partial charge in [0.1, 0.15) is 0 Å². The van der Waals surface area contributed by atoms with E-state index in [1.807, 2.05) is 13.0 Å². The molecule has 1 aliphatic heterocycles. The fourth-order valence-corrected chi connectivity index (χ4v) is 5.83. The number of anilines is 1. The van der Waals surface area contributed by atoms with Gasteiger partial charge in [0, 0.05) is 29.4 Å². The summed E-state index contributed by atoms with van der Waals surface area (Å²) >= 11 is 0. The lowest BCUT2D eigenvalue weighted by Crippen LogP contribution is -2.39. The largest absolute Gasteiger partial charge is 0.362 e. The van der Waals surface area contributed by atoms with E-state index in [2.05, 4.69) is 11.9 Å². The van der Waals surface area contributed by atoms with Crippen LogP contribution in [0.4, 0.5) is 11.4 Å². The normalized spacial score (nSPS) is 30.7. The van der Waals surface area contributed by atoms with Crippen LogP contribution in [-0.4, -0.2) is 21.7 Å². The number of rotatable bonds is 2. The highest BCUT2D eigenvalue weighted by Crippen LogP contribution is 2.57. The quantitative estimate of drug-likeness (QED) is 0.473. The third-order valence-corrected chi connectivity index (χ3v) is 6.99. The molecule has 150 valence electrons. The highest BCUT2D eigenvalue weighted by Gasteiger charge is 2.58. The van der Waals surface area contributed by atoms with E-state index in [4.69, 9.17) is 0 Å². The third kappa shape index (κ3) is 2.56. The van der Waals surface area contributed by atoms with Crippen molar-refractivity contribution in [3.8, 4) is 0 Å². The maximum atomic E-state index is 13.5. The molecule has 2 fully saturated rings. The Balaban J connectivity index is 1.63. The highest BCUT2D eigenvalue weighted by molar-refractivity contribution is 6.24. The molecule has 1 aromatic carbocycles. The standard InChI is InChI=1S/C22H23N3O4/c1-11-6-7-15-16(8-11)18-19(17-9-12(2)23-20(15)17)22(27)24(21(18)26)13-4-3-5-14(10-13)25(28)29/h3-5,9-11,15-16,18-19,23H,6-8H2,1-2H3/t11?,15-,16+,18+,19-/m1/s1. The van der Waals surface area contributed by atoms with Crippen molar-refractivity contribution < 1.29 is 14.5 Å². The molecular weight excluding hydrogens is 370 g/mol. The Kier molecular flexibility index (Phi) is 3.91. The molecule has 7 nitrogen and oxygen atoms in total. The number of carbonyl (C=O) groups is 2. The monoisotopic (exact) mass is 393 g/mol. The number of non-ortho nitro benzene ring substituents is 1. The zero-order valence-corrected chi connectivity index (χ0v) is 16.4. The van der Waals surface area contributed by atoms with Crippen molar-refractivity contribution in [3.63, 3.8) is 0 Å². The number of aryl methyl sites for hydroxylation is 1. The van der Waals surface area contributed by atoms with E-state index in [9.17, 15) is 19.7 Å². The van der Waals surface area contributed by atoms with E-state index in [-0.39, 0.29) is 35.0 Å². The average Bonchev–Trinajstić information content (AvgIpc) is 3.19. The van der Waals surface area contributed by atoms with Gasteiger partial charge in [0.05, 0.1) is 22.4 Å². The number of H-pyrrole nitrogens is 1. The van der Waals surface area contributed by atoms with Crippen molar-refractivity contribution in [2.24, 2.45) is 17.8 Å². The molecule has 0 bridgehead atoms. The summed E-state index contributed by atoms with van der Waals surface area (Å²) in [7, 11) is 0. The van der Waals surface area contributed by atoms with Crippen molar-refractivity contribution in [1.29, 1.82) is 0 Å². The van der Waals surface area contributed by atoms with Crippen LogP contribution in [0.3, 0.4) is 0 Å². The summed E-state index contributed by atoms with van der Waals surface area (Å²) in [4.78, 5) is 42.4. The second-order valence-electron chi connectivity index (χ2n) is 8.80. The number of nitrogens with one attached hydrogen (secondary N) is 1. The van der Waals surface area contributed by atoms with Crippen molar-refractivity contribution in [1.82, 2.24) is 4.98 Å². The van der Waals surface area contributed by atoms with Crippen LogP contribution in [0.15, 0.2) is 30.3 Å². The summed E-state index contributed by atoms with van der Waals surface area (Å²) in [5.41, 5.74) is 3.22. The molecule has 2 heterocycles. The first kappa shape index (κ1) is 18.1. The van der Waals surface area contributed by atoms with Crippen LogP contribution in [0.1, 0.15) is 55.0 Å². The number of hydrogen-bond donors (Lipinski definition) is 1. The molecule has 0 spiro atoms. The Labute approximate surface area is 168 Å². The van der Waals surface area contributed by atoms with Crippen LogP contribution in [-0.2, 0) is 9.59 Å². The number of hydrogen-bond acceptors (Lipinski definition) is 4. The van der Waals surface area contributed by atoms with E-state index in [0.717, 1.165) is 36.2 Å². The van der Waals surface area contributed by atoms with Gasteiger partial charge in [0.25, 0.3) is 5.69 Å². The minimum Gasteiger partial charge on any atom is -0.362 e.